The second kappa shape index (κ2) is 9.53. The summed E-state index contributed by atoms with van der Waals surface area (Å²) in [6.07, 6.45) is 0.830. The van der Waals surface area contributed by atoms with Crippen molar-refractivity contribution >= 4 is 29.1 Å². The van der Waals surface area contributed by atoms with E-state index in [4.69, 9.17) is 23.2 Å². The zero-order chi connectivity index (χ0) is 19.9. The third-order valence-electron chi connectivity index (χ3n) is 4.18. The molecule has 1 N–H and O–H groups in total. The van der Waals surface area contributed by atoms with Crippen molar-refractivity contribution < 1.29 is 4.79 Å². The predicted molar refractivity (Wildman–Crippen MR) is 111 cm³/mol. The van der Waals surface area contributed by atoms with Crippen molar-refractivity contribution in [1.82, 2.24) is 15.1 Å². The lowest BCUT2D eigenvalue weighted by molar-refractivity contribution is -0.121. The Kier molecular flexibility index (Phi) is 6.85. The normalized spacial score (nSPS) is 10.6. The Balaban J connectivity index is 1.53. The molecule has 0 atom stereocenters. The van der Waals surface area contributed by atoms with Crippen LogP contribution < -0.4 is 10.9 Å². The van der Waals surface area contributed by atoms with Crippen LogP contribution in [0.1, 0.15) is 18.4 Å². The van der Waals surface area contributed by atoms with E-state index in [1.165, 1.54) is 10.7 Å². The molecule has 0 unspecified atom stereocenters. The molecule has 28 heavy (non-hydrogen) atoms. The number of carbonyl (C=O) groups excluding carboxylic acids is 1. The zero-order valence-corrected chi connectivity index (χ0v) is 16.6. The van der Waals surface area contributed by atoms with E-state index in [1.54, 1.807) is 30.3 Å². The average molecular weight is 416 g/mol. The van der Waals surface area contributed by atoms with Crippen molar-refractivity contribution in [2.75, 3.05) is 0 Å². The highest BCUT2D eigenvalue weighted by Gasteiger charge is 2.06. The van der Waals surface area contributed by atoms with E-state index in [2.05, 4.69) is 10.4 Å². The van der Waals surface area contributed by atoms with Gasteiger partial charge in [-0.2, -0.15) is 5.10 Å². The summed E-state index contributed by atoms with van der Waals surface area (Å²) in [5.41, 5.74) is 2.34. The molecule has 3 aromatic rings. The number of aryl methyl sites for hydroxylation is 1. The SMILES string of the molecule is O=C(CCCn1nc(-c2ccc(Cl)cc2)ccc1=O)NCc1ccc(Cl)cc1. The Labute approximate surface area is 172 Å². The van der Waals surface area contributed by atoms with Crippen molar-refractivity contribution in [2.24, 2.45) is 0 Å². The van der Waals surface area contributed by atoms with Crippen LogP contribution in [0.25, 0.3) is 11.3 Å². The first-order chi connectivity index (χ1) is 13.5. The summed E-state index contributed by atoms with van der Waals surface area (Å²) in [6.45, 7) is 0.814. The van der Waals surface area contributed by atoms with Crippen LogP contribution in [0.3, 0.4) is 0 Å². The number of hydrogen-bond donors (Lipinski definition) is 1. The van der Waals surface area contributed by atoms with Crippen LogP contribution >= 0.6 is 23.2 Å². The van der Waals surface area contributed by atoms with Crippen LogP contribution in [0.5, 0.6) is 0 Å². The third kappa shape index (κ3) is 5.68. The van der Waals surface area contributed by atoms with Crippen molar-refractivity contribution in [2.45, 2.75) is 25.9 Å². The Morgan fingerprint density at radius 3 is 2.25 bits per heavy atom. The van der Waals surface area contributed by atoms with Crippen LogP contribution in [0.2, 0.25) is 10.0 Å². The first-order valence-corrected chi connectivity index (χ1v) is 9.62. The topological polar surface area (TPSA) is 64.0 Å². The Bertz CT molecular complexity index is 999. The minimum atomic E-state index is -0.195. The molecule has 2 aromatic carbocycles. The summed E-state index contributed by atoms with van der Waals surface area (Å²) < 4.78 is 1.39. The molecule has 0 radical (unpaired) electrons. The standard InChI is InChI=1S/C21H19Cl2N3O2/c22-17-7-3-15(4-8-17)14-24-20(27)2-1-13-26-21(28)12-11-19(25-26)16-5-9-18(23)10-6-16/h3-12H,1-2,13-14H2,(H,24,27). The second-order valence-corrected chi connectivity index (χ2v) is 7.17. The van der Waals surface area contributed by atoms with Gasteiger partial charge in [-0.05, 0) is 42.3 Å². The summed E-state index contributed by atoms with van der Waals surface area (Å²) in [5, 5.41) is 8.55. The van der Waals surface area contributed by atoms with Gasteiger partial charge in [0.05, 0.1) is 5.69 Å². The largest absolute Gasteiger partial charge is 0.352 e. The molecule has 1 heterocycles. The minimum Gasteiger partial charge on any atom is -0.352 e. The van der Waals surface area contributed by atoms with Crippen molar-refractivity contribution in [3.8, 4) is 11.3 Å². The summed E-state index contributed by atoms with van der Waals surface area (Å²) in [6, 6.07) is 17.7. The fourth-order valence-corrected chi connectivity index (χ4v) is 2.92. The molecular formula is C21H19Cl2N3O2. The van der Waals surface area contributed by atoms with Gasteiger partial charge in [-0.1, -0.05) is 47.5 Å². The second-order valence-electron chi connectivity index (χ2n) is 6.29. The number of nitrogens with one attached hydrogen (secondary N) is 1. The van der Waals surface area contributed by atoms with E-state index in [9.17, 15) is 9.59 Å². The van der Waals surface area contributed by atoms with E-state index in [0.717, 1.165) is 11.1 Å². The molecule has 5 nitrogen and oxygen atoms in total. The summed E-state index contributed by atoms with van der Waals surface area (Å²) in [5.74, 6) is -0.0724. The molecule has 1 aromatic heterocycles. The first kappa shape index (κ1) is 20.1. The number of hydrogen-bond acceptors (Lipinski definition) is 3. The number of nitrogens with zero attached hydrogens (tertiary/aromatic N) is 2. The molecule has 0 fully saturated rings. The zero-order valence-electron chi connectivity index (χ0n) is 15.1. The monoisotopic (exact) mass is 415 g/mol. The number of rotatable bonds is 7. The van der Waals surface area contributed by atoms with Crippen LogP contribution in [-0.2, 0) is 17.9 Å². The van der Waals surface area contributed by atoms with Crippen molar-refractivity contribution in [3.63, 3.8) is 0 Å². The molecule has 0 aliphatic carbocycles. The van der Waals surface area contributed by atoms with Gasteiger partial charge in [0.15, 0.2) is 0 Å². The summed E-state index contributed by atoms with van der Waals surface area (Å²) >= 11 is 11.8. The Morgan fingerprint density at radius 2 is 1.57 bits per heavy atom. The molecular weight excluding hydrogens is 397 g/mol. The van der Waals surface area contributed by atoms with Crippen LogP contribution in [0.4, 0.5) is 0 Å². The number of amides is 1. The smallest absolute Gasteiger partial charge is 0.266 e. The van der Waals surface area contributed by atoms with Gasteiger partial charge in [-0.25, -0.2) is 4.68 Å². The third-order valence-corrected chi connectivity index (χ3v) is 4.69. The lowest BCUT2D eigenvalue weighted by atomic mass is 10.1. The lowest BCUT2D eigenvalue weighted by Gasteiger charge is -2.08. The molecule has 7 heteroatoms. The highest BCUT2D eigenvalue weighted by Crippen LogP contribution is 2.18. The van der Waals surface area contributed by atoms with Crippen LogP contribution in [0.15, 0.2) is 65.5 Å². The highest BCUT2D eigenvalue weighted by molar-refractivity contribution is 6.30. The molecule has 0 bridgehead atoms. The molecule has 0 aliphatic rings. The number of halogens is 2. The molecule has 0 aliphatic heterocycles. The molecule has 0 saturated carbocycles. The number of carbonyl (C=O) groups is 1. The molecule has 3 rings (SSSR count). The van der Waals surface area contributed by atoms with Gasteiger partial charge in [0.1, 0.15) is 0 Å². The van der Waals surface area contributed by atoms with Crippen LogP contribution in [0, 0.1) is 0 Å². The quantitative estimate of drug-likeness (QED) is 0.624. The van der Waals surface area contributed by atoms with Gasteiger partial charge in [0, 0.05) is 41.2 Å². The first-order valence-electron chi connectivity index (χ1n) is 8.86. The molecule has 1 amide bonds. The van der Waals surface area contributed by atoms with Gasteiger partial charge in [-0.3, -0.25) is 9.59 Å². The van der Waals surface area contributed by atoms with E-state index in [0.29, 0.717) is 41.7 Å². The maximum atomic E-state index is 12.0. The fraction of sp³-hybridized carbons (Fsp3) is 0.190. The van der Waals surface area contributed by atoms with E-state index in [1.807, 2.05) is 24.3 Å². The maximum Gasteiger partial charge on any atom is 0.266 e. The van der Waals surface area contributed by atoms with Gasteiger partial charge >= 0.3 is 0 Å². The minimum absolute atomic E-state index is 0.0724. The number of aromatic nitrogens is 2. The fourth-order valence-electron chi connectivity index (χ4n) is 2.66. The van der Waals surface area contributed by atoms with E-state index in [-0.39, 0.29) is 11.5 Å². The highest BCUT2D eigenvalue weighted by atomic mass is 35.5. The molecule has 0 spiro atoms. The number of benzene rings is 2. The summed E-state index contributed by atoms with van der Waals surface area (Å²) in [7, 11) is 0. The average Bonchev–Trinajstić information content (AvgIpc) is 2.70. The van der Waals surface area contributed by atoms with Gasteiger partial charge in [0.2, 0.25) is 5.91 Å². The van der Waals surface area contributed by atoms with Crippen LogP contribution in [-0.4, -0.2) is 15.7 Å². The van der Waals surface area contributed by atoms with Gasteiger partial charge in [-0.15, -0.1) is 0 Å². The predicted octanol–water partition coefficient (Wildman–Crippen LogP) is 4.31. The van der Waals surface area contributed by atoms with E-state index >= 15 is 0 Å². The molecule has 0 saturated heterocycles. The Hall–Kier alpha value is -2.63. The Morgan fingerprint density at radius 1 is 0.929 bits per heavy atom. The summed E-state index contributed by atoms with van der Waals surface area (Å²) in [4.78, 5) is 24.1. The van der Waals surface area contributed by atoms with E-state index < -0.39 is 0 Å². The van der Waals surface area contributed by atoms with Crippen molar-refractivity contribution in [3.05, 3.63) is 86.6 Å². The maximum absolute atomic E-state index is 12.0. The molecule has 144 valence electrons. The van der Waals surface area contributed by atoms with Crippen molar-refractivity contribution in [1.29, 1.82) is 0 Å². The van der Waals surface area contributed by atoms with Gasteiger partial charge < -0.3 is 5.32 Å². The lowest BCUT2D eigenvalue weighted by Crippen LogP contribution is -2.25. The van der Waals surface area contributed by atoms with Gasteiger partial charge in [0.25, 0.3) is 5.56 Å².